The van der Waals surface area contributed by atoms with E-state index in [1.165, 1.54) is 4.31 Å². The van der Waals surface area contributed by atoms with E-state index in [1.54, 1.807) is 12.4 Å². The number of aromatic nitrogens is 1. The summed E-state index contributed by atoms with van der Waals surface area (Å²) in [5.41, 5.74) is 0.0358. The van der Waals surface area contributed by atoms with Crippen LogP contribution in [0.5, 0.6) is 0 Å². The lowest BCUT2D eigenvalue weighted by atomic mass is 9.81. The second-order valence-corrected chi connectivity index (χ2v) is 8.23. The number of rotatable bonds is 4. The Morgan fingerprint density at radius 1 is 1.45 bits per heavy atom. The van der Waals surface area contributed by atoms with Gasteiger partial charge in [0.25, 0.3) is 0 Å². The van der Waals surface area contributed by atoms with Gasteiger partial charge in [-0.3, -0.25) is 14.7 Å². The van der Waals surface area contributed by atoms with Crippen molar-refractivity contribution >= 4 is 16.0 Å². The predicted octanol–water partition coefficient (Wildman–Crippen LogP) is -0.140. The minimum Gasteiger partial charge on any atom is -0.481 e. The van der Waals surface area contributed by atoms with Crippen LogP contribution in [-0.2, 0) is 21.4 Å². The van der Waals surface area contributed by atoms with Gasteiger partial charge in [-0.1, -0.05) is 6.07 Å². The largest absolute Gasteiger partial charge is 0.481 e. The van der Waals surface area contributed by atoms with Gasteiger partial charge in [-0.05, 0) is 11.6 Å². The molecule has 0 amide bonds. The summed E-state index contributed by atoms with van der Waals surface area (Å²) >= 11 is 0. The van der Waals surface area contributed by atoms with Crippen molar-refractivity contribution in [3.05, 3.63) is 30.1 Å². The van der Waals surface area contributed by atoms with Crippen LogP contribution in [0.2, 0.25) is 0 Å². The molecule has 1 N–H and O–H groups in total. The van der Waals surface area contributed by atoms with Crippen LogP contribution in [0.25, 0.3) is 0 Å². The molecule has 3 rings (SSSR count). The highest BCUT2D eigenvalue weighted by molar-refractivity contribution is 7.88. The Kier molecular flexibility index (Phi) is 3.70. The first-order chi connectivity index (χ1) is 10.3. The number of hydrogen-bond donors (Lipinski definition) is 1. The molecule has 2 saturated heterocycles. The molecule has 2 atom stereocenters. The fraction of sp³-hybridized carbons (Fsp3) is 0.571. The first-order valence-electron chi connectivity index (χ1n) is 7.11. The summed E-state index contributed by atoms with van der Waals surface area (Å²) in [7, 11) is -3.35. The number of hydrogen-bond acceptors (Lipinski definition) is 5. The zero-order valence-electron chi connectivity index (χ0n) is 12.3. The molecule has 120 valence electrons. The van der Waals surface area contributed by atoms with Gasteiger partial charge < -0.3 is 5.11 Å². The van der Waals surface area contributed by atoms with Crippen molar-refractivity contribution in [2.45, 2.75) is 6.54 Å². The predicted molar refractivity (Wildman–Crippen MR) is 79.5 cm³/mol. The van der Waals surface area contributed by atoms with Gasteiger partial charge in [-0.2, -0.15) is 0 Å². The maximum Gasteiger partial charge on any atom is 0.312 e. The molecule has 2 fully saturated rings. The Labute approximate surface area is 129 Å². The van der Waals surface area contributed by atoms with Crippen LogP contribution < -0.4 is 0 Å². The third-order valence-corrected chi connectivity index (χ3v) is 5.89. The Morgan fingerprint density at radius 2 is 2.23 bits per heavy atom. The van der Waals surface area contributed by atoms with E-state index in [9.17, 15) is 18.3 Å². The van der Waals surface area contributed by atoms with E-state index in [1.807, 2.05) is 12.1 Å². The van der Waals surface area contributed by atoms with Gasteiger partial charge in [-0.25, -0.2) is 12.7 Å². The molecule has 0 aromatic carbocycles. The lowest BCUT2D eigenvalue weighted by molar-refractivity contribution is -0.148. The van der Waals surface area contributed by atoms with Crippen molar-refractivity contribution in [3.8, 4) is 0 Å². The Balaban J connectivity index is 1.78. The number of pyridine rings is 1. The molecule has 2 aliphatic rings. The van der Waals surface area contributed by atoms with E-state index < -0.39 is 21.4 Å². The number of carbonyl (C=O) groups is 1. The van der Waals surface area contributed by atoms with Crippen LogP contribution in [0, 0.1) is 11.3 Å². The summed E-state index contributed by atoms with van der Waals surface area (Å²) < 4.78 is 24.7. The fourth-order valence-corrected chi connectivity index (χ4v) is 4.46. The third-order valence-electron chi connectivity index (χ3n) is 4.67. The number of nitrogens with zero attached hydrogens (tertiary/aromatic N) is 3. The highest BCUT2D eigenvalue weighted by atomic mass is 32.2. The molecular weight excluding hydrogens is 306 g/mol. The minimum atomic E-state index is -3.35. The molecule has 0 radical (unpaired) electrons. The molecule has 0 bridgehead atoms. The van der Waals surface area contributed by atoms with Gasteiger partial charge >= 0.3 is 5.97 Å². The summed E-state index contributed by atoms with van der Waals surface area (Å²) in [5, 5.41) is 9.68. The van der Waals surface area contributed by atoms with Crippen LogP contribution in [-0.4, -0.2) is 66.1 Å². The molecule has 3 heterocycles. The molecular formula is C14H19N3O4S. The quantitative estimate of drug-likeness (QED) is 0.828. The number of fused-ring (bicyclic) bond motifs is 1. The molecule has 0 unspecified atom stereocenters. The van der Waals surface area contributed by atoms with Crippen molar-refractivity contribution in [1.82, 2.24) is 14.2 Å². The summed E-state index contributed by atoms with van der Waals surface area (Å²) in [5.74, 6) is -1.08. The van der Waals surface area contributed by atoms with E-state index in [-0.39, 0.29) is 19.0 Å². The summed E-state index contributed by atoms with van der Waals surface area (Å²) in [6.07, 6.45) is 4.60. The van der Waals surface area contributed by atoms with Crippen LogP contribution in [0.4, 0.5) is 0 Å². The van der Waals surface area contributed by atoms with Crippen molar-refractivity contribution in [2.24, 2.45) is 11.3 Å². The van der Waals surface area contributed by atoms with E-state index >= 15 is 0 Å². The number of carboxylic acids is 1. The van der Waals surface area contributed by atoms with Gasteiger partial charge in [0.05, 0.1) is 11.7 Å². The molecule has 2 aliphatic heterocycles. The maximum atomic E-state index is 11.8. The van der Waals surface area contributed by atoms with Crippen molar-refractivity contribution < 1.29 is 18.3 Å². The maximum absolute atomic E-state index is 11.8. The molecule has 1 aromatic heterocycles. The molecule has 22 heavy (non-hydrogen) atoms. The van der Waals surface area contributed by atoms with E-state index in [0.717, 1.165) is 11.8 Å². The number of likely N-dealkylation sites (tertiary alicyclic amines) is 1. The molecule has 0 aliphatic carbocycles. The molecule has 0 saturated carbocycles. The molecule has 1 aromatic rings. The fourth-order valence-electron chi connectivity index (χ4n) is 3.55. The Hall–Kier alpha value is -1.51. The summed E-state index contributed by atoms with van der Waals surface area (Å²) in [6, 6.07) is 3.81. The number of aliphatic carboxylic acids is 1. The van der Waals surface area contributed by atoms with Gasteiger partial charge in [0.1, 0.15) is 0 Å². The first-order valence-corrected chi connectivity index (χ1v) is 8.96. The van der Waals surface area contributed by atoms with E-state index in [4.69, 9.17) is 0 Å². The summed E-state index contributed by atoms with van der Waals surface area (Å²) in [4.78, 5) is 18.0. The van der Waals surface area contributed by atoms with Crippen molar-refractivity contribution in [2.75, 3.05) is 32.4 Å². The van der Waals surface area contributed by atoms with Gasteiger partial charge in [0, 0.05) is 51.0 Å². The Morgan fingerprint density at radius 3 is 2.77 bits per heavy atom. The topological polar surface area (TPSA) is 90.8 Å². The number of sulfonamides is 1. The third kappa shape index (κ3) is 2.62. The minimum absolute atomic E-state index is 0.0649. The van der Waals surface area contributed by atoms with Crippen LogP contribution in [0.3, 0.4) is 0 Å². The first kappa shape index (κ1) is 15.4. The molecule has 8 heteroatoms. The average Bonchev–Trinajstić information content (AvgIpc) is 2.94. The SMILES string of the molecule is CS(=O)(=O)N1C[C@H]2CN(Cc3cccnc3)C[C@@]2(C(=O)O)C1. The van der Waals surface area contributed by atoms with Gasteiger partial charge in [0.15, 0.2) is 0 Å². The van der Waals surface area contributed by atoms with Crippen molar-refractivity contribution in [1.29, 1.82) is 0 Å². The highest BCUT2D eigenvalue weighted by Gasteiger charge is 2.58. The monoisotopic (exact) mass is 325 g/mol. The second-order valence-electron chi connectivity index (χ2n) is 6.24. The highest BCUT2D eigenvalue weighted by Crippen LogP contribution is 2.43. The van der Waals surface area contributed by atoms with E-state index in [2.05, 4.69) is 9.88 Å². The Bertz CT molecular complexity index is 679. The number of carboxylic acid groups (broad SMARTS) is 1. The van der Waals surface area contributed by atoms with Gasteiger partial charge in [-0.15, -0.1) is 0 Å². The molecule has 7 nitrogen and oxygen atoms in total. The normalized spacial score (nSPS) is 29.6. The van der Waals surface area contributed by atoms with Crippen molar-refractivity contribution in [3.63, 3.8) is 0 Å². The average molecular weight is 325 g/mol. The van der Waals surface area contributed by atoms with E-state index in [0.29, 0.717) is 19.6 Å². The molecule has 0 spiro atoms. The zero-order valence-corrected chi connectivity index (χ0v) is 13.2. The van der Waals surface area contributed by atoms with Gasteiger partial charge in [0.2, 0.25) is 10.0 Å². The zero-order chi connectivity index (χ0) is 16.0. The van der Waals surface area contributed by atoms with Crippen LogP contribution in [0.15, 0.2) is 24.5 Å². The van der Waals surface area contributed by atoms with Crippen LogP contribution >= 0.6 is 0 Å². The lowest BCUT2D eigenvalue weighted by Gasteiger charge is -2.24. The standard InChI is InChI=1S/C14H19N3O4S/c1-22(20,21)17-8-12-7-16(6-11-3-2-4-15-5-11)9-14(12,10-17)13(18)19/h2-5,12H,6-10H2,1H3,(H,18,19)/t12-,14-/m1/s1. The smallest absolute Gasteiger partial charge is 0.312 e. The lowest BCUT2D eigenvalue weighted by Crippen LogP contribution is -2.41. The summed E-state index contributed by atoms with van der Waals surface area (Å²) in [6.45, 7) is 1.95. The second kappa shape index (κ2) is 5.29. The van der Waals surface area contributed by atoms with Crippen LogP contribution in [0.1, 0.15) is 5.56 Å².